The maximum absolute atomic E-state index is 14.0. The number of anilines is 1. The number of rotatable bonds is 5. The van der Waals surface area contributed by atoms with Crippen LogP contribution >= 0.6 is 0 Å². The number of nitrogens with zero attached hydrogens (tertiary/aromatic N) is 3. The first-order valence-corrected chi connectivity index (χ1v) is 10.5. The largest absolute Gasteiger partial charge is 0.282 e. The Labute approximate surface area is 184 Å². The summed E-state index contributed by atoms with van der Waals surface area (Å²) in [4.78, 5) is 24.3. The third-order valence-corrected chi connectivity index (χ3v) is 5.75. The number of hydrogen-bond donors (Lipinski definition) is 0. The van der Waals surface area contributed by atoms with Gasteiger partial charge in [0.1, 0.15) is 0 Å². The summed E-state index contributed by atoms with van der Waals surface area (Å²) in [5.41, 5.74) is 0.827. The van der Waals surface area contributed by atoms with Crippen LogP contribution in [-0.2, 0) is 17.1 Å². The van der Waals surface area contributed by atoms with Crippen LogP contribution in [0.3, 0.4) is 0 Å². The van der Waals surface area contributed by atoms with Crippen molar-refractivity contribution in [2.75, 3.05) is 18.1 Å². The van der Waals surface area contributed by atoms with Crippen LogP contribution in [0.15, 0.2) is 60.7 Å². The number of carbonyl (C=O) groups excluding carboxylic acids is 1. The second-order valence-electron chi connectivity index (χ2n) is 7.98. The lowest BCUT2D eigenvalue weighted by atomic mass is 9.99. The Morgan fingerprint density at radius 2 is 1.66 bits per heavy atom. The van der Waals surface area contributed by atoms with E-state index in [1.807, 2.05) is 5.01 Å². The Balaban J connectivity index is 1.70. The molecule has 0 saturated carbocycles. The number of amides is 1. The average Bonchev–Trinajstić information content (AvgIpc) is 2.78. The van der Waals surface area contributed by atoms with E-state index in [2.05, 4.69) is 0 Å². The molecule has 0 N–H and O–H groups in total. The van der Waals surface area contributed by atoms with Crippen LogP contribution in [0.2, 0.25) is 0 Å². The van der Waals surface area contributed by atoms with E-state index >= 15 is 0 Å². The van der Waals surface area contributed by atoms with E-state index in [0.29, 0.717) is 35.1 Å². The van der Waals surface area contributed by atoms with Gasteiger partial charge < -0.3 is 0 Å². The van der Waals surface area contributed by atoms with E-state index in [0.717, 1.165) is 19.8 Å². The van der Waals surface area contributed by atoms with Crippen LogP contribution in [0.5, 0.6) is 0 Å². The number of non-ortho nitro benzene ring substituents is 1. The van der Waals surface area contributed by atoms with Gasteiger partial charge in [0, 0.05) is 37.0 Å². The molecule has 1 aliphatic rings. The normalized spacial score (nSPS) is 14.6. The van der Waals surface area contributed by atoms with E-state index in [-0.39, 0.29) is 23.6 Å². The summed E-state index contributed by atoms with van der Waals surface area (Å²) < 4.78 is 28.1. The molecule has 1 amide bonds. The number of carbonyl (C=O) groups is 1. The van der Waals surface area contributed by atoms with Crippen LogP contribution in [0.1, 0.15) is 30.9 Å². The highest BCUT2D eigenvalue weighted by Crippen LogP contribution is 2.36. The number of nitro groups is 1. The zero-order valence-electron chi connectivity index (χ0n) is 17.6. The fourth-order valence-corrected chi connectivity index (χ4v) is 4.28. The van der Waals surface area contributed by atoms with Crippen molar-refractivity contribution < 1.29 is 18.5 Å². The maximum Gasteiger partial charge on any atom is 0.277 e. The van der Waals surface area contributed by atoms with Gasteiger partial charge in [0.05, 0.1) is 22.4 Å². The van der Waals surface area contributed by atoms with Gasteiger partial charge in [-0.2, -0.15) is 0 Å². The minimum Gasteiger partial charge on any atom is -0.282 e. The second-order valence-corrected chi connectivity index (χ2v) is 7.98. The Hall–Kier alpha value is -3.55. The van der Waals surface area contributed by atoms with Crippen LogP contribution in [0, 0.1) is 10.1 Å². The molecule has 0 spiro atoms. The fraction of sp³-hybridized carbons (Fsp3) is 0.292. The molecule has 0 bridgehead atoms. The molecule has 1 heterocycles. The van der Waals surface area contributed by atoms with Crippen molar-refractivity contribution in [3.8, 4) is 0 Å². The molecule has 32 heavy (non-hydrogen) atoms. The Bertz CT molecular complexity index is 1180. The van der Waals surface area contributed by atoms with Gasteiger partial charge in [0.2, 0.25) is 5.91 Å². The zero-order valence-corrected chi connectivity index (χ0v) is 17.6. The number of alkyl halides is 2. The molecule has 3 aromatic carbocycles. The van der Waals surface area contributed by atoms with Gasteiger partial charge in [0.15, 0.2) is 0 Å². The Kier molecular flexibility index (Phi) is 5.78. The van der Waals surface area contributed by atoms with Crippen molar-refractivity contribution >= 4 is 28.1 Å². The third-order valence-electron chi connectivity index (χ3n) is 5.75. The zero-order chi connectivity index (χ0) is 22.9. The highest BCUT2D eigenvalue weighted by molar-refractivity contribution is 6.00. The smallest absolute Gasteiger partial charge is 0.277 e. The van der Waals surface area contributed by atoms with Crippen molar-refractivity contribution in [3.63, 3.8) is 0 Å². The lowest BCUT2D eigenvalue weighted by Gasteiger charge is -2.41. The Morgan fingerprint density at radius 1 is 1.00 bits per heavy atom. The van der Waals surface area contributed by atoms with Crippen molar-refractivity contribution in [1.82, 2.24) is 5.01 Å². The molecule has 0 atom stereocenters. The summed E-state index contributed by atoms with van der Waals surface area (Å²) >= 11 is 0. The second kappa shape index (κ2) is 8.53. The minimum absolute atomic E-state index is 0.00154. The van der Waals surface area contributed by atoms with E-state index in [4.69, 9.17) is 0 Å². The van der Waals surface area contributed by atoms with Gasteiger partial charge in [0.25, 0.3) is 11.6 Å². The summed E-state index contributed by atoms with van der Waals surface area (Å²) in [5.74, 6) is -3.34. The molecule has 166 valence electrons. The van der Waals surface area contributed by atoms with E-state index < -0.39 is 10.8 Å². The standard InChI is InChI=1S/C24H23F2N3O3/c1-24(25,26)20-11-5-2-8-17(20)16-23(30)28-15-7-6-14-27(28)21-12-13-22(29(31)32)19-10-4-3-9-18(19)21/h2-5,8-13H,6-7,14-16H2,1H3. The molecule has 6 nitrogen and oxygen atoms in total. The van der Waals surface area contributed by atoms with Gasteiger partial charge in [-0.05, 0) is 30.5 Å². The third kappa shape index (κ3) is 4.12. The van der Waals surface area contributed by atoms with Crippen LogP contribution in [-0.4, -0.2) is 28.9 Å². The molecular formula is C24H23F2N3O3. The van der Waals surface area contributed by atoms with E-state index in [9.17, 15) is 23.7 Å². The number of benzene rings is 3. The quantitative estimate of drug-likeness (QED) is 0.392. The first kappa shape index (κ1) is 21.7. The minimum atomic E-state index is -3.05. The highest BCUT2D eigenvalue weighted by Gasteiger charge is 2.31. The predicted octanol–water partition coefficient (Wildman–Crippen LogP) is 5.45. The molecule has 1 saturated heterocycles. The first-order valence-electron chi connectivity index (χ1n) is 10.5. The van der Waals surface area contributed by atoms with Crippen LogP contribution in [0.4, 0.5) is 20.2 Å². The highest BCUT2D eigenvalue weighted by atomic mass is 19.3. The summed E-state index contributed by atoms with van der Waals surface area (Å²) in [7, 11) is 0. The molecule has 0 aliphatic carbocycles. The molecule has 0 unspecified atom stereocenters. The maximum atomic E-state index is 14.0. The van der Waals surface area contributed by atoms with Gasteiger partial charge >= 0.3 is 0 Å². The average molecular weight is 439 g/mol. The van der Waals surface area contributed by atoms with Crippen molar-refractivity contribution in [2.24, 2.45) is 0 Å². The fourth-order valence-electron chi connectivity index (χ4n) is 4.28. The summed E-state index contributed by atoms with van der Waals surface area (Å²) in [6.45, 7) is 1.83. The molecule has 0 radical (unpaired) electrons. The molecular weight excluding hydrogens is 416 g/mol. The van der Waals surface area contributed by atoms with Crippen molar-refractivity contribution in [2.45, 2.75) is 32.1 Å². The molecule has 3 aromatic rings. The van der Waals surface area contributed by atoms with Crippen LogP contribution < -0.4 is 5.01 Å². The van der Waals surface area contributed by atoms with Crippen molar-refractivity contribution in [1.29, 1.82) is 0 Å². The summed E-state index contributed by atoms with van der Waals surface area (Å²) in [6.07, 6.45) is 1.48. The molecule has 8 heteroatoms. The summed E-state index contributed by atoms with van der Waals surface area (Å²) in [5, 5.41) is 16.0. The number of hydrogen-bond acceptors (Lipinski definition) is 4. The lowest BCUT2D eigenvalue weighted by molar-refractivity contribution is -0.383. The van der Waals surface area contributed by atoms with Gasteiger partial charge in [-0.25, -0.2) is 8.78 Å². The van der Waals surface area contributed by atoms with Crippen molar-refractivity contribution in [3.05, 3.63) is 81.9 Å². The molecule has 1 aliphatic heterocycles. The van der Waals surface area contributed by atoms with Gasteiger partial charge in [-0.15, -0.1) is 0 Å². The molecule has 4 rings (SSSR count). The van der Waals surface area contributed by atoms with Gasteiger partial charge in [-0.3, -0.25) is 24.9 Å². The first-order chi connectivity index (χ1) is 15.3. The Morgan fingerprint density at radius 3 is 2.38 bits per heavy atom. The lowest BCUT2D eigenvalue weighted by Crippen LogP contribution is -2.51. The van der Waals surface area contributed by atoms with Crippen LogP contribution in [0.25, 0.3) is 10.8 Å². The number of fused-ring (bicyclic) bond motifs is 1. The van der Waals surface area contributed by atoms with E-state index in [1.165, 1.54) is 18.2 Å². The SMILES string of the molecule is CC(F)(F)c1ccccc1CC(=O)N1CCCCN1c1ccc([N+](=O)[O-])c2ccccc12. The number of halogens is 2. The topological polar surface area (TPSA) is 66.7 Å². The predicted molar refractivity (Wildman–Crippen MR) is 119 cm³/mol. The van der Waals surface area contributed by atoms with E-state index in [1.54, 1.807) is 47.5 Å². The molecule has 0 aromatic heterocycles. The number of nitro benzene ring substituents is 1. The van der Waals surface area contributed by atoms with Gasteiger partial charge in [-0.1, -0.05) is 42.5 Å². The number of hydrazine groups is 1. The summed E-state index contributed by atoms with van der Waals surface area (Å²) in [6, 6.07) is 16.2. The monoisotopic (exact) mass is 439 g/mol. The molecule has 1 fully saturated rings.